The first-order chi connectivity index (χ1) is 8.08. The largest absolute Gasteiger partial charge is 0.319 e. The molecule has 1 aromatic carbocycles. The van der Waals surface area contributed by atoms with Crippen LogP contribution in [0.5, 0.6) is 0 Å². The molecule has 88 valence electrons. The smallest absolute Gasteiger partial charge is 0.275 e. The second kappa shape index (κ2) is 5.60. The summed E-state index contributed by atoms with van der Waals surface area (Å²) in [5.41, 5.74) is 2.73. The molecule has 3 nitrogen and oxygen atoms in total. The van der Waals surface area contributed by atoms with Crippen molar-refractivity contribution in [3.63, 3.8) is 0 Å². The zero-order chi connectivity index (χ0) is 12.4. The molecular weight excluding hydrogens is 436 g/mol. The number of carbonyl (C=O) groups is 1. The number of nitrogens with one attached hydrogen (secondary N) is 1. The van der Waals surface area contributed by atoms with E-state index in [0.29, 0.717) is 11.4 Å². The molecule has 1 heterocycles. The Labute approximate surface area is 127 Å². The number of benzene rings is 1. The molecule has 1 aromatic heterocycles. The summed E-state index contributed by atoms with van der Waals surface area (Å²) in [7, 11) is 0. The fraction of sp³-hybridized carbons (Fsp3) is 0. The SMILES string of the molecule is O=C(Nc1c(Br)cc(Br)cc1Br)c1cscn1. The highest BCUT2D eigenvalue weighted by Crippen LogP contribution is 2.34. The molecule has 0 saturated carbocycles. The second-order valence-corrected chi connectivity index (χ2v) is 6.42. The molecule has 7 heteroatoms. The van der Waals surface area contributed by atoms with Gasteiger partial charge in [0, 0.05) is 18.8 Å². The summed E-state index contributed by atoms with van der Waals surface area (Å²) in [6.07, 6.45) is 0. The van der Waals surface area contributed by atoms with Crippen LogP contribution in [0.3, 0.4) is 0 Å². The van der Waals surface area contributed by atoms with Gasteiger partial charge in [-0.3, -0.25) is 4.79 Å². The Kier molecular flexibility index (Phi) is 4.35. The summed E-state index contributed by atoms with van der Waals surface area (Å²) < 4.78 is 2.51. The van der Waals surface area contributed by atoms with E-state index in [1.165, 1.54) is 11.3 Å². The van der Waals surface area contributed by atoms with Crippen LogP contribution in [-0.4, -0.2) is 10.9 Å². The molecule has 0 aliphatic carbocycles. The third-order valence-electron chi connectivity index (χ3n) is 1.91. The van der Waals surface area contributed by atoms with Gasteiger partial charge in [-0.1, -0.05) is 15.9 Å². The number of hydrogen-bond donors (Lipinski definition) is 1. The molecule has 0 atom stereocenters. The van der Waals surface area contributed by atoms with Crippen molar-refractivity contribution in [1.82, 2.24) is 4.98 Å². The van der Waals surface area contributed by atoms with Gasteiger partial charge in [0.1, 0.15) is 5.69 Å². The van der Waals surface area contributed by atoms with Crippen LogP contribution in [-0.2, 0) is 0 Å². The van der Waals surface area contributed by atoms with Gasteiger partial charge in [0.15, 0.2) is 0 Å². The summed E-state index contributed by atoms with van der Waals surface area (Å²) in [4.78, 5) is 15.8. The van der Waals surface area contributed by atoms with E-state index in [-0.39, 0.29) is 5.91 Å². The minimum absolute atomic E-state index is 0.227. The molecule has 0 unspecified atom stereocenters. The molecule has 2 rings (SSSR count). The van der Waals surface area contributed by atoms with Crippen LogP contribution < -0.4 is 5.32 Å². The van der Waals surface area contributed by atoms with E-state index >= 15 is 0 Å². The first kappa shape index (κ1) is 13.2. The number of hydrogen-bond acceptors (Lipinski definition) is 3. The maximum Gasteiger partial charge on any atom is 0.275 e. The summed E-state index contributed by atoms with van der Waals surface area (Å²) in [5.74, 6) is -0.227. The van der Waals surface area contributed by atoms with Gasteiger partial charge in [0.05, 0.1) is 11.2 Å². The van der Waals surface area contributed by atoms with Crippen LogP contribution in [0.2, 0.25) is 0 Å². The third-order valence-corrected chi connectivity index (χ3v) is 4.21. The van der Waals surface area contributed by atoms with E-state index in [2.05, 4.69) is 58.1 Å². The van der Waals surface area contributed by atoms with Crippen molar-refractivity contribution in [3.05, 3.63) is 42.1 Å². The minimum Gasteiger partial charge on any atom is -0.319 e. The molecule has 0 fully saturated rings. The highest BCUT2D eigenvalue weighted by molar-refractivity contribution is 9.11. The Morgan fingerprint density at radius 2 is 1.88 bits per heavy atom. The van der Waals surface area contributed by atoms with E-state index in [0.717, 1.165) is 13.4 Å². The molecule has 1 amide bonds. The van der Waals surface area contributed by atoms with Crippen molar-refractivity contribution in [2.24, 2.45) is 0 Å². The monoisotopic (exact) mass is 438 g/mol. The lowest BCUT2D eigenvalue weighted by Crippen LogP contribution is -2.13. The fourth-order valence-corrected chi connectivity index (χ4v) is 4.15. The van der Waals surface area contributed by atoms with E-state index in [1.807, 2.05) is 12.1 Å². The molecule has 0 radical (unpaired) electrons. The Bertz CT molecular complexity index is 534. The van der Waals surface area contributed by atoms with Gasteiger partial charge >= 0.3 is 0 Å². The Morgan fingerprint density at radius 3 is 2.41 bits per heavy atom. The number of thiazole rings is 1. The predicted octanol–water partition coefficient (Wildman–Crippen LogP) is 4.68. The average Bonchev–Trinajstić information content (AvgIpc) is 2.76. The fourth-order valence-electron chi connectivity index (χ4n) is 1.16. The van der Waals surface area contributed by atoms with Gasteiger partial charge in [0.2, 0.25) is 0 Å². The van der Waals surface area contributed by atoms with Crippen LogP contribution in [0.15, 0.2) is 36.4 Å². The van der Waals surface area contributed by atoms with Crippen molar-refractivity contribution in [3.8, 4) is 0 Å². The Balaban J connectivity index is 2.28. The van der Waals surface area contributed by atoms with E-state index in [4.69, 9.17) is 0 Å². The molecule has 0 saturated heterocycles. The molecule has 0 aliphatic heterocycles. The van der Waals surface area contributed by atoms with Gasteiger partial charge in [-0.25, -0.2) is 4.98 Å². The van der Waals surface area contributed by atoms with Crippen molar-refractivity contribution >= 4 is 70.7 Å². The zero-order valence-corrected chi connectivity index (χ0v) is 13.8. The van der Waals surface area contributed by atoms with Gasteiger partial charge in [-0.15, -0.1) is 11.3 Å². The topological polar surface area (TPSA) is 42.0 Å². The number of aromatic nitrogens is 1. The summed E-state index contributed by atoms with van der Waals surface area (Å²) >= 11 is 11.5. The normalized spacial score (nSPS) is 10.3. The molecular formula is C10H5Br3N2OS. The number of carbonyl (C=O) groups excluding carboxylic acids is 1. The lowest BCUT2D eigenvalue weighted by atomic mass is 10.3. The lowest BCUT2D eigenvalue weighted by molar-refractivity contribution is 0.102. The average molecular weight is 441 g/mol. The van der Waals surface area contributed by atoms with Gasteiger partial charge in [0.25, 0.3) is 5.91 Å². The van der Waals surface area contributed by atoms with Crippen molar-refractivity contribution in [1.29, 1.82) is 0 Å². The third kappa shape index (κ3) is 3.15. The zero-order valence-electron chi connectivity index (χ0n) is 8.21. The first-order valence-electron chi connectivity index (χ1n) is 4.42. The molecule has 0 aliphatic rings. The van der Waals surface area contributed by atoms with E-state index < -0.39 is 0 Å². The van der Waals surface area contributed by atoms with Crippen LogP contribution in [0.4, 0.5) is 5.69 Å². The molecule has 17 heavy (non-hydrogen) atoms. The predicted molar refractivity (Wildman–Crippen MR) is 79.6 cm³/mol. The number of anilines is 1. The Hall–Kier alpha value is -0.240. The minimum atomic E-state index is -0.227. The van der Waals surface area contributed by atoms with E-state index in [1.54, 1.807) is 10.9 Å². The maximum atomic E-state index is 11.8. The first-order valence-corrected chi connectivity index (χ1v) is 7.74. The van der Waals surface area contributed by atoms with Crippen LogP contribution in [0.25, 0.3) is 0 Å². The van der Waals surface area contributed by atoms with Gasteiger partial charge < -0.3 is 5.32 Å². The molecule has 1 N–H and O–H groups in total. The van der Waals surface area contributed by atoms with E-state index in [9.17, 15) is 4.79 Å². The maximum absolute atomic E-state index is 11.8. The van der Waals surface area contributed by atoms with Crippen LogP contribution in [0.1, 0.15) is 10.5 Å². The quantitative estimate of drug-likeness (QED) is 0.736. The van der Waals surface area contributed by atoms with Crippen molar-refractivity contribution in [2.45, 2.75) is 0 Å². The van der Waals surface area contributed by atoms with Crippen LogP contribution >= 0.6 is 59.1 Å². The number of nitrogens with zero attached hydrogens (tertiary/aromatic N) is 1. The number of rotatable bonds is 2. The highest BCUT2D eigenvalue weighted by atomic mass is 79.9. The molecule has 0 spiro atoms. The lowest BCUT2D eigenvalue weighted by Gasteiger charge is -2.09. The Morgan fingerprint density at radius 1 is 1.24 bits per heavy atom. The highest BCUT2D eigenvalue weighted by Gasteiger charge is 2.13. The van der Waals surface area contributed by atoms with Crippen LogP contribution in [0, 0.1) is 0 Å². The molecule has 2 aromatic rings. The summed E-state index contributed by atoms with van der Waals surface area (Å²) in [6.45, 7) is 0. The summed E-state index contributed by atoms with van der Waals surface area (Å²) in [5, 5.41) is 4.50. The standard InChI is InChI=1S/C10H5Br3N2OS/c11-5-1-6(12)9(7(13)2-5)15-10(16)8-3-17-4-14-8/h1-4H,(H,15,16). The number of amides is 1. The van der Waals surface area contributed by atoms with Gasteiger partial charge in [-0.2, -0.15) is 0 Å². The van der Waals surface area contributed by atoms with Crippen molar-refractivity contribution < 1.29 is 4.79 Å². The van der Waals surface area contributed by atoms with Gasteiger partial charge in [-0.05, 0) is 44.0 Å². The summed E-state index contributed by atoms with van der Waals surface area (Å²) in [6, 6.07) is 3.73. The number of halogens is 3. The molecule has 0 bridgehead atoms. The van der Waals surface area contributed by atoms with Crippen molar-refractivity contribution in [2.75, 3.05) is 5.32 Å². The second-order valence-electron chi connectivity index (χ2n) is 3.07.